The maximum atomic E-state index is 9.41. The zero-order valence-corrected chi connectivity index (χ0v) is 6.34. The van der Waals surface area contributed by atoms with Gasteiger partial charge in [0.1, 0.15) is 5.75 Å². The summed E-state index contributed by atoms with van der Waals surface area (Å²) in [6, 6.07) is 1.75. The third-order valence-electron chi connectivity index (χ3n) is 1.86. The van der Waals surface area contributed by atoms with Crippen molar-refractivity contribution in [3.05, 3.63) is 17.2 Å². The van der Waals surface area contributed by atoms with Crippen LogP contribution in [0.25, 0.3) is 11.2 Å². The van der Waals surface area contributed by atoms with Crippen molar-refractivity contribution in [2.75, 3.05) is 0 Å². The van der Waals surface area contributed by atoms with Crippen LogP contribution < -0.4 is 0 Å². The molecule has 2 aromatic rings. The van der Waals surface area contributed by atoms with Gasteiger partial charge in [-0.1, -0.05) is 0 Å². The molecular weight excluding hydrogens is 144 g/mol. The number of rotatable bonds is 0. The van der Waals surface area contributed by atoms with Crippen LogP contribution in [-0.2, 0) is 0 Å². The van der Waals surface area contributed by atoms with Crippen molar-refractivity contribution in [3.8, 4) is 5.75 Å². The molecule has 0 amide bonds. The lowest BCUT2D eigenvalue weighted by Crippen LogP contribution is -1.85. The molecule has 2 rings (SSSR count). The van der Waals surface area contributed by atoms with Gasteiger partial charge in [-0.05, 0) is 25.5 Å². The first-order chi connectivity index (χ1) is 5.20. The monoisotopic (exact) mass is 152 g/mol. The quantitative estimate of drug-likeness (QED) is 0.589. The van der Waals surface area contributed by atoms with Crippen molar-refractivity contribution in [3.63, 3.8) is 0 Å². The molecule has 58 valence electrons. The van der Waals surface area contributed by atoms with Gasteiger partial charge in [0.25, 0.3) is 0 Å². The Bertz CT molecular complexity index is 395. The number of phenolic OH excluding ortho intramolecular Hbond substituents is 1. The highest BCUT2D eigenvalue weighted by atomic mass is 17.0. The first-order valence-corrected chi connectivity index (χ1v) is 3.38. The van der Waals surface area contributed by atoms with E-state index in [-0.39, 0.29) is 5.75 Å². The molecule has 1 aromatic carbocycles. The number of hydrogen-bond acceptors (Lipinski definition) is 3. The Morgan fingerprint density at radius 3 is 2.55 bits per heavy atom. The van der Waals surface area contributed by atoms with Gasteiger partial charge in [-0.3, -0.25) is 9.15 Å². The first kappa shape index (κ1) is 6.34. The molecule has 3 nitrogen and oxygen atoms in total. The largest absolute Gasteiger partial charge is 0.507 e. The predicted molar refractivity (Wildman–Crippen MR) is 39.6 cm³/mol. The third kappa shape index (κ3) is 0.677. The van der Waals surface area contributed by atoms with E-state index in [2.05, 4.69) is 9.15 Å². The van der Waals surface area contributed by atoms with Gasteiger partial charge in [-0.2, -0.15) is 0 Å². The van der Waals surface area contributed by atoms with Crippen molar-refractivity contribution in [2.24, 2.45) is 0 Å². The lowest BCUT2D eigenvalue weighted by atomic mass is 10.1. The molecule has 1 aromatic heterocycles. The SMILES string of the molecule is Cc1cc2ooc2c(C)c1O. The van der Waals surface area contributed by atoms with Crippen molar-refractivity contribution >= 4 is 11.2 Å². The average Bonchev–Trinajstić information content (AvgIpc) is 1.93. The molecule has 11 heavy (non-hydrogen) atoms. The third-order valence-corrected chi connectivity index (χ3v) is 1.86. The molecule has 0 aliphatic heterocycles. The summed E-state index contributed by atoms with van der Waals surface area (Å²) in [6.07, 6.45) is 0. The van der Waals surface area contributed by atoms with E-state index in [4.69, 9.17) is 0 Å². The molecule has 0 aliphatic rings. The molecule has 0 unspecified atom stereocenters. The molecule has 0 saturated carbocycles. The second-order valence-corrected chi connectivity index (χ2v) is 2.66. The molecule has 3 heteroatoms. The van der Waals surface area contributed by atoms with Crippen LogP contribution in [0.4, 0.5) is 0 Å². The standard InChI is InChI=1S/C8H8O3/c1-4-3-6-8(11-10-6)5(2)7(4)9/h3,9H,1-2H3. The summed E-state index contributed by atoms with van der Waals surface area (Å²) in [7, 11) is 0. The fourth-order valence-corrected chi connectivity index (χ4v) is 1.14. The minimum atomic E-state index is 0.284. The van der Waals surface area contributed by atoms with E-state index in [1.54, 1.807) is 13.0 Å². The van der Waals surface area contributed by atoms with Crippen molar-refractivity contribution in [1.82, 2.24) is 0 Å². The number of aryl methyl sites for hydroxylation is 2. The van der Waals surface area contributed by atoms with E-state index in [1.165, 1.54) is 0 Å². The molecule has 0 radical (unpaired) electrons. The normalized spacial score (nSPS) is 11.1. The van der Waals surface area contributed by atoms with Gasteiger partial charge >= 0.3 is 0 Å². The Morgan fingerprint density at radius 2 is 2.00 bits per heavy atom. The molecular formula is C8H8O3. The maximum Gasteiger partial charge on any atom is 0.232 e. The van der Waals surface area contributed by atoms with E-state index >= 15 is 0 Å². The highest BCUT2D eigenvalue weighted by molar-refractivity contribution is 5.78. The number of fused-ring (bicyclic) bond motifs is 1. The van der Waals surface area contributed by atoms with E-state index in [9.17, 15) is 5.11 Å². The Morgan fingerprint density at radius 1 is 1.27 bits per heavy atom. The Balaban J connectivity index is 2.86. The zero-order valence-electron chi connectivity index (χ0n) is 6.34. The second kappa shape index (κ2) is 1.81. The summed E-state index contributed by atoms with van der Waals surface area (Å²) in [6.45, 7) is 3.62. The van der Waals surface area contributed by atoms with Gasteiger partial charge in [0.2, 0.25) is 11.2 Å². The molecule has 0 aliphatic carbocycles. The summed E-state index contributed by atoms with van der Waals surface area (Å²) < 4.78 is 9.36. The number of aromatic hydroxyl groups is 1. The van der Waals surface area contributed by atoms with Crippen LogP contribution in [0.1, 0.15) is 11.1 Å². The van der Waals surface area contributed by atoms with Crippen LogP contribution in [0.2, 0.25) is 0 Å². The van der Waals surface area contributed by atoms with Crippen molar-refractivity contribution in [1.29, 1.82) is 0 Å². The topological polar surface area (TPSA) is 46.5 Å². The van der Waals surface area contributed by atoms with Crippen LogP contribution in [0, 0.1) is 13.8 Å². The van der Waals surface area contributed by atoms with E-state index in [1.807, 2.05) is 6.92 Å². The van der Waals surface area contributed by atoms with Gasteiger partial charge < -0.3 is 5.11 Å². The van der Waals surface area contributed by atoms with Crippen LogP contribution in [0.5, 0.6) is 5.75 Å². The minimum absolute atomic E-state index is 0.284. The average molecular weight is 152 g/mol. The van der Waals surface area contributed by atoms with E-state index < -0.39 is 0 Å². The zero-order chi connectivity index (χ0) is 8.01. The van der Waals surface area contributed by atoms with Gasteiger partial charge in [-0.25, -0.2) is 0 Å². The molecule has 0 atom stereocenters. The maximum absolute atomic E-state index is 9.41. The summed E-state index contributed by atoms with van der Waals surface area (Å²) in [5.74, 6) is 0.284. The van der Waals surface area contributed by atoms with Gasteiger partial charge in [0.15, 0.2) is 0 Å². The number of hydrogen-bond donors (Lipinski definition) is 1. The number of phenols is 1. The van der Waals surface area contributed by atoms with Crippen molar-refractivity contribution in [2.45, 2.75) is 13.8 Å². The van der Waals surface area contributed by atoms with Crippen LogP contribution in [0.3, 0.4) is 0 Å². The lowest BCUT2D eigenvalue weighted by Gasteiger charge is -2.05. The summed E-state index contributed by atoms with van der Waals surface area (Å²) in [4.78, 5) is 0. The summed E-state index contributed by atoms with van der Waals surface area (Å²) in [5.41, 5.74) is 2.90. The Hall–Kier alpha value is -1.38. The molecule has 0 fully saturated rings. The molecule has 1 heterocycles. The first-order valence-electron chi connectivity index (χ1n) is 3.38. The van der Waals surface area contributed by atoms with Crippen LogP contribution >= 0.6 is 0 Å². The van der Waals surface area contributed by atoms with Crippen LogP contribution in [0.15, 0.2) is 15.2 Å². The molecule has 0 saturated heterocycles. The lowest BCUT2D eigenvalue weighted by molar-refractivity contribution is 0.0579. The smallest absolute Gasteiger partial charge is 0.232 e. The van der Waals surface area contributed by atoms with E-state index in [0.717, 1.165) is 11.1 Å². The molecule has 0 spiro atoms. The fraction of sp³-hybridized carbons (Fsp3) is 0.250. The highest BCUT2D eigenvalue weighted by Crippen LogP contribution is 2.31. The Kier molecular flexibility index (Phi) is 1.04. The number of benzene rings is 1. The van der Waals surface area contributed by atoms with Gasteiger partial charge in [-0.15, -0.1) is 0 Å². The predicted octanol–water partition coefficient (Wildman–Crippen LogP) is 2.35. The van der Waals surface area contributed by atoms with Crippen molar-refractivity contribution < 1.29 is 14.3 Å². The molecule has 0 bridgehead atoms. The summed E-state index contributed by atoms with van der Waals surface area (Å²) in [5, 5.41) is 9.41. The van der Waals surface area contributed by atoms with Crippen LogP contribution in [-0.4, -0.2) is 5.11 Å². The van der Waals surface area contributed by atoms with Gasteiger partial charge in [0, 0.05) is 5.56 Å². The summed E-state index contributed by atoms with van der Waals surface area (Å²) >= 11 is 0. The highest BCUT2D eigenvalue weighted by Gasteiger charge is 2.13. The van der Waals surface area contributed by atoms with Gasteiger partial charge in [0.05, 0.1) is 0 Å². The second-order valence-electron chi connectivity index (χ2n) is 2.66. The van der Waals surface area contributed by atoms with E-state index in [0.29, 0.717) is 11.2 Å². The fourth-order valence-electron chi connectivity index (χ4n) is 1.14. The minimum Gasteiger partial charge on any atom is -0.507 e. The Labute approximate surface area is 63.2 Å². The molecule has 1 N–H and O–H groups in total.